The van der Waals surface area contributed by atoms with E-state index >= 15 is 0 Å². The van der Waals surface area contributed by atoms with Crippen LogP contribution in [0.3, 0.4) is 0 Å². The summed E-state index contributed by atoms with van der Waals surface area (Å²) in [5.41, 5.74) is 2.09. The molecule has 1 rings (SSSR count). The van der Waals surface area contributed by atoms with Crippen molar-refractivity contribution in [2.24, 2.45) is 23.2 Å². The van der Waals surface area contributed by atoms with Gasteiger partial charge in [-0.1, -0.05) is 64.0 Å². The van der Waals surface area contributed by atoms with Gasteiger partial charge in [0.05, 0.1) is 34.7 Å². The lowest BCUT2D eigenvalue weighted by Crippen LogP contribution is -2.47. The van der Waals surface area contributed by atoms with E-state index in [4.69, 9.17) is 14.2 Å². The van der Waals surface area contributed by atoms with Crippen molar-refractivity contribution in [3.05, 3.63) is 45.5 Å². The normalized spacial score (nSPS) is 17.3. The summed E-state index contributed by atoms with van der Waals surface area (Å²) in [6.45, 7) is 21.7. The Morgan fingerprint density at radius 2 is 1.66 bits per heavy atom. The molecule has 0 saturated carbocycles. The summed E-state index contributed by atoms with van der Waals surface area (Å²) in [6.07, 6.45) is 9.65. The second-order valence-corrected chi connectivity index (χ2v) is 14.0. The fraction of sp³-hybridized carbons (Fsp3) is 0.676. The number of nitrogens with zero attached hydrogens (tertiary/aromatic N) is 1. The van der Waals surface area contributed by atoms with Crippen molar-refractivity contribution in [2.45, 2.75) is 113 Å². The van der Waals surface area contributed by atoms with Crippen LogP contribution in [0, 0.1) is 30.1 Å². The third-order valence-electron chi connectivity index (χ3n) is 7.71. The van der Waals surface area contributed by atoms with Gasteiger partial charge in [-0.05, 0) is 72.3 Å². The monoisotopic (exact) mass is 589 g/mol. The zero-order valence-electron chi connectivity index (χ0n) is 27.8. The Morgan fingerprint density at radius 1 is 1.02 bits per heavy atom. The first-order chi connectivity index (χ1) is 18.9. The van der Waals surface area contributed by atoms with Gasteiger partial charge in [-0.2, -0.15) is 0 Å². The number of aryl methyl sites for hydroxylation is 1. The van der Waals surface area contributed by atoms with E-state index in [1.54, 1.807) is 18.4 Å². The van der Waals surface area contributed by atoms with E-state index in [9.17, 15) is 9.59 Å². The first-order valence-electron chi connectivity index (χ1n) is 14.7. The molecule has 0 N–H and O–H groups in total. The number of rotatable bonds is 16. The van der Waals surface area contributed by atoms with Crippen LogP contribution >= 0.6 is 11.3 Å². The number of methoxy groups -OCH3 is 2. The Kier molecular flexibility index (Phi) is 14.9. The Hall–Kier alpha value is -2.09. The summed E-state index contributed by atoms with van der Waals surface area (Å²) >= 11 is 1.67. The number of carbonyl (C=O) groups excluding carboxylic acids is 2. The van der Waals surface area contributed by atoms with Crippen LogP contribution in [0.4, 0.5) is 0 Å². The quantitative estimate of drug-likeness (QED) is 0.142. The molecule has 1 aromatic heterocycles. The van der Waals surface area contributed by atoms with E-state index in [1.807, 2.05) is 48.5 Å². The zero-order valence-corrected chi connectivity index (χ0v) is 28.6. The standard InChI is InChI=1S/C34H55NO5S/c1-22(17-18-23(2)25(4)19-28-21-41-27(6)35-28)15-14-16-24(3)31(39-13)26(5)32(37)34(10,11)29(38-12)20-30(36)40-33(7,8)9/h14-15,17,19,21,23-24,26,29,31H,16,18,20H2,1-13H3/b15-14+,22-17-,25-19+/t23-,24-,26+,29-,31-/m0/s1. The van der Waals surface area contributed by atoms with Gasteiger partial charge in [-0.3, -0.25) is 9.59 Å². The molecule has 5 atom stereocenters. The summed E-state index contributed by atoms with van der Waals surface area (Å²) in [5, 5.41) is 3.18. The minimum absolute atomic E-state index is 0.0110. The van der Waals surface area contributed by atoms with Crippen molar-refractivity contribution in [1.82, 2.24) is 4.98 Å². The average molecular weight is 590 g/mol. The summed E-state index contributed by atoms with van der Waals surface area (Å²) in [7, 11) is 3.19. The second kappa shape index (κ2) is 16.5. The molecule has 0 fully saturated rings. The van der Waals surface area contributed by atoms with Gasteiger partial charge in [-0.15, -0.1) is 11.3 Å². The van der Waals surface area contributed by atoms with Crippen molar-refractivity contribution in [3.63, 3.8) is 0 Å². The molecule has 0 saturated heterocycles. The van der Waals surface area contributed by atoms with Crippen LogP contribution in [-0.2, 0) is 23.8 Å². The summed E-state index contributed by atoms with van der Waals surface area (Å²) in [4.78, 5) is 30.7. The van der Waals surface area contributed by atoms with E-state index in [0.29, 0.717) is 5.92 Å². The SMILES string of the molecule is CO[C@@H]([C@@H](C)C/C=C/C(C)=C\C[C@H](C)/C(C)=C/c1csc(C)n1)[C@@H](C)C(=O)C(C)(C)[C@H](CC(=O)OC(C)(C)C)OC. The maximum atomic E-state index is 13.7. The van der Waals surface area contributed by atoms with Crippen molar-refractivity contribution in [2.75, 3.05) is 14.2 Å². The molecule has 0 aliphatic rings. The van der Waals surface area contributed by atoms with Crippen molar-refractivity contribution < 1.29 is 23.8 Å². The van der Waals surface area contributed by atoms with Crippen LogP contribution in [0.1, 0.15) is 99.2 Å². The first kappa shape index (κ1) is 36.9. The first-order valence-corrected chi connectivity index (χ1v) is 15.6. The molecular formula is C34H55NO5S. The number of hydrogen-bond acceptors (Lipinski definition) is 7. The minimum Gasteiger partial charge on any atom is -0.460 e. The molecule has 0 spiro atoms. The molecule has 0 aliphatic carbocycles. The number of allylic oxidation sites excluding steroid dienone is 5. The highest BCUT2D eigenvalue weighted by Gasteiger charge is 2.43. The number of aromatic nitrogens is 1. The molecular weight excluding hydrogens is 534 g/mol. The topological polar surface area (TPSA) is 74.7 Å². The highest BCUT2D eigenvalue weighted by atomic mass is 32.1. The van der Waals surface area contributed by atoms with E-state index in [2.05, 4.69) is 62.4 Å². The highest BCUT2D eigenvalue weighted by molar-refractivity contribution is 7.09. The lowest BCUT2D eigenvalue weighted by molar-refractivity contribution is -0.162. The highest BCUT2D eigenvalue weighted by Crippen LogP contribution is 2.34. The fourth-order valence-electron chi connectivity index (χ4n) is 5.03. The largest absolute Gasteiger partial charge is 0.460 e. The molecule has 0 bridgehead atoms. The van der Waals surface area contributed by atoms with E-state index in [1.165, 1.54) is 18.3 Å². The molecule has 0 aliphatic heterocycles. The van der Waals surface area contributed by atoms with E-state index < -0.39 is 17.1 Å². The minimum atomic E-state index is -0.891. The summed E-state index contributed by atoms with van der Waals surface area (Å²) in [5.74, 6) is -0.187. The van der Waals surface area contributed by atoms with Gasteiger partial charge in [-0.25, -0.2) is 4.98 Å². The van der Waals surface area contributed by atoms with Gasteiger partial charge in [0, 0.05) is 25.5 Å². The molecule has 7 heteroatoms. The molecule has 0 amide bonds. The Bertz CT molecular complexity index is 1080. The molecule has 0 radical (unpaired) electrons. The molecule has 0 aromatic carbocycles. The van der Waals surface area contributed by atoms with Crippen LogP contribution < -0.4 is 0 Å². The number of esters is 1. The number of hydrogen-bond donors (Lipinski definition) is 0. The van der Waals surface area contributed by atoms with Gasteiger partial charge in [0.1, 0.15) is 11.4 Å². The maximum absolute atomic E-state index is 13.7. The third-order valence-corrected chi connectivity index (χ3v) is 8.50. The molecule has 6 nitrogen and oxygen atoms in total. The van der Waals surface area contributed by atoms with E-state index in [-0.39, 0.29) is 36.1 Å². The number of Topliss-reactive ketones (excluding diaryl/α,β-unsaturated/α-hetero) is 1. The van der Waals surface area contributed by atoms with Crippen LogP contribution in [-0.4, -0.2) is 48.8 Å². The van der Waals surface area contributed by atoms with Crippen LogP contribution in [0.2, 0.25) is 0 Å². The third kappa shape index (κ3) is 12.4. The maximum Gasteiger partial charge on any atom is 0.308 e. The molecule has 232 valence electrons. The summed E-state index contributed by atoms with van der Waals surface area (Å²) < 4.78 is 17.0. The Morgan fingerprint density at radius 3 is 2.17 bits per heavy atom. The van der Waals surface area contributed by atoms with E-state index in [0.717, 1.165) is 23.5 Å². The number of ether oxygens (including phenoxy) is 3. The summed E-state index contributed by atoms with van der Waals surface area (Å²) in [6, 6.07) is 0. The van der Waals surface area contributed by atoms with Crippen LogP contribution in [0.25, 0.3) is 6.08 Å². The van der Waals surface area contributed by atoms with Crippen molar-refractivity contribution in [1.29, 1.82) is 0 Å². The Balaban J connectivity index is 2.79. The van der Waals surface area contributed by atoms with Gasteiger partial charge in [0.25, 0.3) is 0 Å². The average Bonchev–Trinajstić information content (AvgIpc) is 3.28. The number of ketones is 1. The zero-order chi connectivity index (χ0) is 31.5. The number of thiazole rings is 1. The Labute approximate surface area is 253 Å². The second-order valence-electron chi connectivity index (χ2n) is 13.0. The van der Waals surface area contributed by atoms with Gasteiger partial charge < -0.3 is 14.2 Å². The lowest BCUT2D eigenvalue weighted by atomic mass is 9.73. The van der Waals surface area contributed by atoms with Crippen LogP contribution in [0.15, 0.2) is 34.8 Å². The van der Waals surface area contributed by atoms with Gasteiger partial charge in [0.15, 0.2) is 0 Å². The predicted octanol–water partition coefficient (Wildman–Crippen LogP) is 8.40. The van der Waals surface area contributed by atoms with Crippen molar-refractivity contribution >= 4 is 29.2 Å². The van der Waals surface area contributed by atoms with Gasteiger partial charge in [0.2, 0.25) is 0 Å². The van der Waals surface area contributed by atoms with Crippen LogP contribution in [0.5, 0.6) is 0 Å². The molecule has 41 heavy (non-hydrogen) atoms. The smallest absolute Gasteiger partial charge is 0.308 e. The molecule has 1 heterocycles. The predicted molar refractivity (Wildman–Crippen MR) is 171 cm³/mol. The molecule has 1 aromatic rings. The lowest BCUT2D eigenvalue weighted by Gasteiger charge is -2.37. The number of carbonyl (C=O) groups is 2. The fourth-order valence-corrected chi connectivity index (χ4v) is 5.60. The van der Waals surface area contributed by atoms with Gasteiger partial charge >= 0.3 is 5.97 Å². The molecule has 0 unspecified atom stereocenters. The van der Waals surface area contributed by atoms with Crippen molar-refractivity contribution in [3.8, 4) is 0 Å².